The first-order chi connectivity index (χ1) is 12.2. The van der Waals surface area contributed by atoms with E-state index in [2.05, 4.69) is 5.32 Å². The average Bonchev–Trinajstić information content (AvgIpc) is 3.06. The summed E-state index contributed by atoms with van der Waals surface area (Å²) in [6.45, 7) is 0.567. The van der Waals surface area contributed by atoms with Gasteiger partial charge in [-0.3, -0.25) is 9.59 Å². The Kier molecular flexibility index (Phi) is 5.18. The lowest BCUT2D eigenvalue weighted by atomic mass is 10.2. The fourth-order valence-corrected chi connectivity index (χ4v) is 2.74. The standard InChI is InChI=1S/C19H20N2O4/c1-24-17-10-9-14(12-16(17)21-11-5-8-19(21)23)20-18(22)13-25-15-6-3-2-4-7-15/h2-4,6-7,9-10,12H,5,8,11,13H2,1H3,(H,20,22). The summed E-state index contributed by atoms with van der Waals surface area (Å²) in [6.07, 6.45) is 1.36. The van der Waals surface area contributed by atoms with Crippen LogP contribution in [0.25, 0.3) is 0 Å². The van der Waals surface area contributed by atoms with E-state index in [-0.39, 0.29) is 18.4 Å². The van der Waals surface area contributed by atoms with Gasteiger partial charge in [-0.1, -0.05) is 18.2 Å². The molecule has 1 heterocycles. The summed E-state index contributed by atoms with van der Waals surface area (Å²) < 4.78 is 10.8. The topological polar surface area (TPSA) is 67.9 Å². The molecular formula is C19H20N2O4. The molecule has 0 spiro atoms. The Morgan fingerprint density at radius 1 is 1.20 bits per heavy atom. The normalized spacial score (nSPS) is 13.6. The van der Waals surface area contributed by atoms with Gasteiger partial charge in [-0.15, -0.1) is 0 Å². The second kappa shape index (κ2) is 7.70. The molecule has 0 aliphatic carbocycles. The number of hydrogen-bond acceptors (Lipinski definition) is 4. The Bertz CT molecular complexity index is 761. The molecule has 6 nitrogen and oxygen atoms in total. The van der Waals surface area contributed by atoms with Gasteiger partial charge in [0.25, 0.3) is 5.91 Å². The van der Waals surface area contributed by atoms with Gasteiger partial charge in [0.1, 0.15) is 11.5 Å². The van der Waals surface area contributed by atoms with Gasteiger partial charge in [0.2, 0.25) is 5.91 Å². The highest BCUT2D eigenvalue weighted by atomic mass is 16.5. The third-order valence-corrected chi connectivity index (χ3v) is 3.94. The van der Waals surface area contributed by atoms with Gasteiger partial charge >= 0.3 is 0 Å². The molecule has 130 valence electrons. The maximum absolute atomic E-state index is 12.1. The van der Waals surface area contributed by atoms with Crippen molar-refractivity contribution in [3.8, 4) is 11.5 Å². The van der Waals surface area contributed by atoms with Gasteiger partial charge in [0.05, 0.1) is 12.8 Å². The lowest BCUT2D eigenvalue weighted by Crippen LogP contribution is -2.25. The van der Waals surface area contributed by atoms with Crippen LogP contribution >= 0.6 is 0 Å². The number of methoxy groups -OCH3 is 1. The van der Waals surface area contributed by atoms with Crippen LogP contribution in [0.5, 0.6) is 11.5 Å². The van der Waals surface area contributed by atoms with Gasteiger partial charge < -0.3 is 19.7 Å². The van der Waals surface area contributed by atoms with Gasteiger partial charge in [-0.25, -0.2) is 0 Å². The van der Waals surface area contributed by atoms with E-state index in [9.17, 15) is 9.59 Å². The van der Waals surface area contributed by atoms with Crippen molar-refractivity contribution in [1.82, 2.24) is 0 Å². The summed E-state index contributed by atoms with van der Waals surface area (Å²) in [6, 6.07) is 14.4. The highest BCUT2D eigenvalue weighted by Crippen LogP contribution is 2.34. The summed E-state index contributed by atoms with van der Waals surface area (Å²) in [5.74, 6) is 1.03. The number of nitrogens with one attached hydrogen (secondary N) is 1. The molecule has 0 unspecified atom stereocenters. The van der Waals surface area contributed by atoms with E-state index < -0.39 is 0 Å². The molecule has 2 aromatic rings. The number of hydrogen-bond donors (Lipinski definition) is 1. The van der Waals surface area contributed by atoms with E-state index in [0.717, 1.165) is 6.42 Å². The van der Waals surface area contributed by atoms with E-state index >= 15 is 0 Å². The molecule has 6 heteroatoms. The number of carbonyl (C=O) groups is 2. The zero-order chi connectivity index (χ0) is 17.6. The maximum Gasteiger partial charge on any atom is 0.262 e. The van der Waals surface area contributed by atoms with Crippen molar-refractivity contribution >= 4 is 23.2 Å². The van der Waals surface area contributed by atoms with Gasteiger partial charge in [0.15, 0.2) is 6.61 Å². The van der Waals surface area contributed by atoms with Crippen LogP contribution in [0, 0.1) is 0 Å². The molecule has 2 aromatic carbocycles. The van der Waals surface area contributed by atoms with Crippen LogP contribution in [0.1, 0.15) is 12.8 Å². The highest BCUT2D eigenvalue weighted by molar-refractivity contribution is 5.98. The minimum atomic E-state index is -0.271. The maximum atomic E-state index is 12.1. The summed E-state index contributed by atoms with van der Waals surface area (Å²) >= 11 is 0. The fraction of sp³-hybridized carbons (Fsp3) is 0.263. The largest absolute Gasteiger partial charge is 0.495 e. The first kappa shape index (κ1) is 16.8. The second-order valence-electron chi connectivity index (χ2n) is 5.69. The Labute approximate surface area is 146 Å². The molecule has 1 N–H and O–H groups in total. The molecule has 1 saturated heterocycles. The average molecular weight is 340 g/mol. The van der Waals surface area contributed by atoms with Crippen molar-refractivity contribution in [1.29, 1.82) is 0 Å². The van der Waals surface area contributed by atoms with Crippen LogP contribution in [0.15, 0.2) is 48.5 Å². The minimum Gasteiger partial charge on any atom is -0.495 e. The van der Waals surface area contributed by atoms with Crippen molar-refractivity contribution in [3.05, 3.63) is 48.5 Å². The molecule has 1 fully saturated rings. The van der Waals surface area contributed by atoms with Crippen molar-refractivity contribution in [2.45, 2.75) is 12.8 Å². The third kappa shape index (κ3) is 4.09. The molecule has 1 aliphatic heterocycles. The van der Waals surface area contributed by atoms with Crippen molar-refractivity contribution in [3.63, 3.8) is 0 Å². The van der Waals surface area contributed by atoms with Crippen LogP contribution in [-0.4, -0.2) is 32.1 Å². The number of ether oxygens (including phenoxy) is 2. The molecule has 0 saturated carbocycles. The smallest absolute Gasteiger partial charge is 0.262 e. The van der Waals surface area contributed by atoms with E-state index in [1.807, 2.05) is 18.2 Å². The summed E-state index contributed by atoms with van der Waals surface area (Å²) in [4.78, 5) is 25.8. The van der Waals surface area contributed by atoms with Gasteiger partial charge in [-0.2, -0.15) is 0 Å². The molecule has 2 amide bonds. The quantitative estimate of drug-likeness (QED) is 0.878. The molecule has 25 heavy (non-hydrogen) atoms. The number of rotatable bonds is 6. The number of amides is 2. The number of benzene rings is 2. The first-order valence-electron chi connectivity index (χ1n) is 8.13. The molecule has 0 radical (unpaired) electrons. The van der Waals surface area contributed by atoms with Crippen molar-refractivity contribution < 1.29 is 19.1 Å². The Hall–Kier alpha value is -3.02. The van der Waals surface area contributed by atoms with E-state index in [4.69, 9.17) is 9.47 Å². The third-order valence-electron chi connectivity index (χ3n) is 3.94. The molecule has 0 atom stereocenters. The predicted octanol–water partition coefficient (Wildman–Crippen LogP) is 2.84. The predicted molar refractivity (Wildman–Crippen MR) is 95.1 cm³/mol. The van der Waals surface area contributed by atoms with E-state index in [1.165, 1.54) is 0 Å². The number of para-hydroxylation sites is 1. The number of carbonyl (C=O) groups excluding carboxylic acids is 2. The Morgan fingerprint density at radius 2 is 2.00 bits per heavy atom. The van der Waals surface area contributed by atoms with Gasteiger partial charge in [0, 0.05) is 18.7 Å². The Morgan fingerprint density at radius 3 is 2.68 bits per heavy atom. The number of anilines is 2. The molecular weight excluding hydrogens is 320 g/mol. The van der Waals surface area contributed by atoms with Crippen LogP contribution in [0.2, 0.25) is 0 Å². The van der Waals surface area contributed by atoms with Crippen molar-refractivity contribution in [2.24, 2.45) is 0 Å². The summed E-state index contributed by atoms with van der Waals surface area (Å²) in [7, 11) is 1.56. The monoisotopic (exact) mass is 340 g/mol. The zero-order valence-electron chi connectivity index (χ0n) is 14.0. The first-order valence-corrected chi connectivity index (χ1v) is 8.13. The summed E-state index contributed by atoms with van der Waals surface area (Å²) in [5.41, 5.74) is 1.27. The molecule has 1 aliphatic rings. The Balaban J connectivity index is 1.67. The van der Waals surface area contributed by atoms with Crippen LogP contribution in [-0.2, 0) is 9.59 Å². The van der Waals surface area contributed by atoms with Crippen LogP contribution in [0.3, 0.4) is 0 Å². The molecule has 3 rings (SSSR count). The van der Waals surface area contributed by atoms with Crippen LogP contribution in [0.4, 0.5) is 11.4 Å². The molecule has 0 bridgehead atoms. The lowest BCUT2D eigenvalue weighted by molar-refractivity contribution is -0.118. The van der Waals surface area contributed by atoms with Gasteiger partial charge in [-0.05, 0) is 36.8 Å². The SMILES string of the molecule is COc1ccc(NC(=O)COc2ccccc2)cc1N1CCCC1=O. The van der Waals surface area contributed by atoms with Crippen LogP contribution < -0.4 is 19.7 Å². The fourth-order valence-electron chi connectivity index (χ4n) is 2.74. The minimum absolute atomic E-state index is 0.0641. The molecule has 0 aromatic heterocycles. The zero-order valence-corrected chi connectivity index (χ0v) is 14.0. The lowest BCUT2D eigenvalue weighted by Gasteiger charge is -2.20. The second-order valence-corrected chi connectivity index (χ2v) is 5.69. The van der Waals surface area contributed by atoms with Crippen molar-refractivity contribution in [2.75, 3.05) is 30.5 Å². The highest BCUT2D eigenvalue weighted by Gasteiger charge is 2.24. The summed E-state index contributed by atoms with van der Waals surface area (Å²) in [5, 5.41) is 2.78. The van der Waals surface area contributed by atoms with E-state index in [0.29, 0.717) is 35.8 Å². The van der Waals surface area contributed by atoms with E-state index in [1.54, 1.807) is 42.3 Å². The number of nitrogens with zero attached hydrogens (tertiary/aromatic N) is 1.